The maximum absolute atomic E-state index is 14.3. The van der Waals surface area contributed by atoms with Crippen molar-refractivity contribution in [3.63, 3.8) is 0 Å². The first-order valence-corrected chi connectivity index (χ1v) is 15.0. The van der Waals surface area contributed by atoms with Crippen molar-refractivity contribution >= 4 is 22.9 Å². The van der Waals surface area contributed by atoms with Crippen molar-refractivity contribution in [1.82, 2.24) is 19.9 Å². The van der Waals surface area contributed by atoms with Gasteiger partial charge in [0, 0.05) is 33.7 Å². The van der Waals surface area contributed by atoms with Gasteiger partial charge in [0.05, 0.1) is 5.52 Å². The van der Waals surface area contributed by atoms with Crippen LogP contribution in [0.3, 0.4) is 0 Å². The van der Waals surface area contributed by atoms with Crippen LogP contribution in [0.4, 0.5) is 39.6 Å². The molecule has 2 aromatic heterocycles. The summed E-state index contributed by atoms with van der Waals surface area (Å²) in [6.45, 7) is 0. The molecule has 4 aromatic carbocycles. The van der Waals surface area contributed by atoms with Gasteiger partial charge in [-0.1, -0.05) is 103 Å². The van der Waals surface area contributed by atoms with Gasteiger partial charge >= 0.3 is 23.2 Å². The van der Waals surface area contributed by atoms with Crippen LogP contribution in [0.2, 0.25) is 0 Å². The lowest BCUT2D eigenvalue weighted by molar-refractivity contribution is -0.458. The molecule has 0 amide bonds. The molecule has 0 bridgehead atoms. The third-order valence-corrected chi connectivity index (χ3v) is 8.05. The zero-order chi connectivity index (χ0) is 35.7. The third-order valence-electron chi connectivity index (χ3n) is 7.32. The highest BCUT2D eigenvalue weighted by Gasteiger charge is 2.84. The van der Waals surface area contributed by atoms with E-state index < -0.39 is 41.1 Å². The predicted molar refractivity (Wildman–Crippen MR) is 167 cm³/mol. The Hall–Kier alpha value is -5.22. The van der Waals surface area contributed by atoms with Gasteiger partial charge in [-0.2, -0.15) is 35.1 Å². The minimum absolute atomic E-state index is 0.133. The second-order valence-corrected chi connectivity index (χ2v) is 11.4. The summed E-state index contributed by atoms with van der Waals surface area (Å²) in [4.78, 5) is 20.0. The molecule has 0 aliphatic heterocycles. The van der Waals surface area contributed by atoms with Gasteiger partial charge in [0.2, 0.25) is 5.88 Å². The Morgan fingerprint density at radius 1 is 0.500 bits per heavy atom. The van der Waals surface area contributed by atoms with Crippen LogP contribution < -0.4 is 4.18 Å². The molecule has 0 saturated carbocycles. The normalized spacial score (nSPS) is 13.6. The van der Waals surface area contributed by atoms with Gasteiger partial charge in [0.25, 0.3) is 0 Å². The van der Waals surface area contributed by atoms with E-state index in [1.807, 2.05) is 65.6 Å². The van der Waals surface area contributed by atoms with Crippen molar-refractivity contribution in [3.8, 4) is 51.2 Å². The van der Waals surface area contributed by atoms with Crippen LogP contribution in [0.15, 0.2) is 115 Å². The van der Waals surface area contributed by atoms with Crippen LogP contribution in [-0.2, 0) is 4.94 Å². The molecule has 0 fully saturated rings. The molecule has 0 aliphatic rings. The zero-order valence-electron chi connectivity index (χ0n) is 24.9. The average Bonchev–Trinajstić information content (AvgIpc) is 3.13. The zero-order valence-corrected chi connectivity index (χ0v) is 25.7. The van der Waals surface area contributed by atoms with E-state index in [0.717, 1.165) is 17.2 Å². The Morgan fingerprint density at radius 3 is 1.50 bits per heavy atom. The van der Waals surface area contributed by atoms with E-state index in [-0.39, 0.29) is 5.52 Å². The number of halogens is 9. The number of hydrogen-bond donors (Lipinski definition) is 0. The van der Waals surface area contributed by atoms with Crippen LogP contribution in [0, 0.1) is 0 Å². The number of pyridine rings is 1. The molecule has 0 N–H and O–H groups in total. The van der Waals surface area contributed by atoms with Crippen molar-refractivity contribution < 1.29 is 48.8 Å². The monoisotopic (exact) mass is 718 g/mol. The van der Waals surface area contributed by atoms with Crippen molar-refractivity contribution in [2.24, 2.45) is 0 Å². The number of aromatic nitrogens is 4. The van der Waals surface area contributed by atoms with E-state index >= 15 is 0 Å². The van der Waals surface area contributed by atoms with Gasteiger partial charge in [0.1, 0.15) is 12.0 Å². The fourth-order valence-electron chi connectivity index (χ4n) is 4.75. The van der Waals surface area contributed by atoms with Gasteiger partial charge < -0.3 is 4.18 Å². The van der Waals surface area contributed by atoms with Gasteiger partial charge in [-0.05, 0) is 16.2 Å². The first-order chi connectivity index (χ1) is 23.7. The van der Waals surface area contributed by atoms with Gasteiger partial charge in [-0.25, -0.2) is 19.9 Å². The minimum Gasteiger partial charge on any atom is -0.399 e. The summed E-state index contributed by atoms with van der Waals surface area (Å²) in [7, 11) is 0. The van der Waals surface area contributed by atoms with E-state index in [0.29, 0.717) is 39.5 Å². The molecule has 50 heavy (non-hydrogen) atoms. The largest absolute Gasteiger partial charge is 0.459 e. The quantitative estimate of drug-likeness (QED) is 0.103. The number of fused-ring (bicyclic) bond motifs is 1. The average molecular weight is 719 g/mol. The molecule has 0 spiro atoms. The van der Waals surface area contributed by atoms with E-state index in [4.69, 9.17) is 0 Å². The number of alkyl halides is 8. The van der Waals surface area contributed by atoms with Crippen LogP contribution >= 0.6 is 12.0 Å². The first kappa shape index (κ1) is 34.6. The Bertz CT molecular complexity index is 2070. The molecule has 16 heteroatoms. The van der Waals surface area contributed by atoms with Gasteiger partial charge in [-0.15, -0.1) is 4.94 Å². The number of rotatable bonds is 10. The molecule has 0 saturated heterocycles. The second-order valence-electron chi connectivity index (χ2n) is 10.6. The highest BCUT2D eigenvalue weighted by molar-refractivity contribution is 7.96. The van der Waals surface area contributed by atoms with Crippen LogP contribution in [-0.4, -0.2) is 43.1 Å². The highest BCUT2D eigenvalue weighted by Crippen LogP contribution is 2.56. The van der Waals surface area contributed by atoms with E-state index in [2.05, 4.69) is 24.1 Å². The van der Waals surface area contributed by atoms with Crippen LogP contribution in [0.1, 0.15) is 0 Å². The lowest BCUT2D eigenvalue weighted by Crippen LogP contribution is -2.63. The Morgan fingerprint density at radius 2 is 1.00 bits per heavy atom. The molecule has 1 unspecified atom stereocenters. The smallest absolute Gasteiger partial charge is 0.399 e. The van der Waals surface area contributed by atoms with Crippen molar-refractivity contribution in [2.75, 3.05) is 0 Å². The summed E-state index contributed by atoms with van der Waals surface area (Å²) in [6.07, 6.45) is -6.93. The highest BCUT2D eigenvalue weighted by atomic mass is 32.2. The lowest BCUT2D eigenvalue weighted by Gasteiger charge is -2.34. The number of hydrogen-bond acceptors (Lipinski definition) is 7. The van der Waals surface area contributed by atoms with E-state index in [1.165, 1.54) is 6.07 Å². The maximum atomic E-state index is 14.3. The third kappa shape index (κ3) is 6.43. The van der Waals surface area contributed by atoms with Crippen molar-refractivity contribution in [3.05, 3.63) is 115 Å². The van der Waals surface area contributed by atoms with Crippen molar-refractivity contribution in [1.29, 1.82) is 0 Å². The summed E-state index contributed by atoms with van der Waals surface area (Å²) in [6, 6.07) is 32.6. The predicted octanol–water partition coefficient (Wildman–Crippen LogP) is 10.5. The maximum Gasteiger partial charge on any atom is 0.459 e. The molecule has 6 rings (SSSR count). The summed E-state index contributed by atoms with van der Waals surface area (Å²) >= 11 is -1.52. The minimum atomic E-state index is -6.96. The number of nitrogens with zero attached hydrogens (tertiary/aromatic N) is 4. The van der Waals surface area contributed by atoms with E-state index in [1.54, 1.807) is 42.5 Å². The Balaban J connectivity index is 1.31. The molecular weight excluding hydrogens is 699 g/mol. The van der Waals surface area contributed by atoms with E-state index in [9.17, 15) is 39.6 Å². The molecule has 256 valence electrons. The molecular formula is C34H19F9N4O2S. The molecule has 1 atom stereocenters. The first-order valence-electron chi connectivity index (χ1n) is 14.3. The SMILES string of the molecule is FOC(F)(C(F)(F)SOc1ccc2cccc(-c3ccc(-c4nc(-c5ccccc5)nc(-c5ccccc5)n4)cc3)c2n1)C(F)(F)C(F)(F)F. The topological polar surface area (TPSA) is 70.0 Å². The fourth-order valence-corrected chi connectivity index (χ4v) is 5.30. The molecule has 6 nitrogen and oxygen atoms in total. The summed E-state index contributed by atoms with van der Waals surface area (Å²) in [5.74, 6) is -12.9. The molecule has 6 aromatic rings. The second kappa shape index (κ2) is 13.2. The summed E-state index contributed by atoms with van der Waals surface area (Å²) in [5.41, 5.74) is 3.27. The van der Waals surface area contributed by atoms with Gasteiger partial charge in [-0.3, -0.25) is 0 Å². The van der Waals surface area contributed by atoms with Crippen molar-refractivity contribution in [2.45, 2.75) is 23.2 Å². The number of benzene rings is 4. The summed E-state index contributed by atoms with van der Waals surface area (Å²) < 4.78 is 125. The van der Waals surface area contributed by atoms with Gasteiger partial charge in [0.15, 0.2) is 17.5 Å². The van der Waals surface area contributed by atoms with Crippen LogP contribution in [0.5, 0.6) is 5.88 Å². The fraction of sp³-hybridized carbons (Fsp3) is 0.118. The van der Waals surface area contributed by atoms with Crippen LogP contribution in [0.25, 0.3) is 56.2 Å². The Kier molecular flexibility index (Phi) is 9.17. The standard InChI is InChI=1S/C34H19F9N4O2S/c35-31(36,33(38,39)40)32(37,49-43)34(41,42)50-48-26-19-18-21-12-7-13-25(27(21)44-26)20-14-16-24(17-15-20)30-46-28(22-8-3-1-4-9-22)45-29(47-30)23-10-5-2-6-11-23/h1-19H. The molecule has 0 aliphatic carbocycles. The molecule has 0 radical (unpaired) electrons. The Labute approximate surface area is 281 Å². The number of para-hydroxylation sites is 1. The molecule has 2 heterocycles. The summed E-state index contributed by atoms with van der Waals surface area (Å²) in [5, 5.41) is -5.47. The lowest BCUT2D eigenvalue weighted by atomic mass is 10.0.